The molecule has 154 valence electrons. The summed E-state index contributed by atoms with van der Waals surface area (Å²) in [6.07, 6.45) is 2.96. The molecule has 4 nitrogen and oxygen atoms in total. The highest BCUT2D eigenvalue weighted by atomic mass is 16.5. The van der Waals surface area contributed by atoms with Crippen molar-refractivity contribution in [2.24, 2.45) is 0 Å². The first kappa shape index (κ1) is 19.3. The van der Waals surface area contributed by atoms with E-state index in [1.807, 2.05) is 60.7 Å². The average Bonchev–Trinajstić information content (AvgIpc) is 2.81. The molecule has 0 fully saturated rings. The maximum absolute atomic E-state index is 13.1. The van der Waals surface area contributed by atoms with Crippen molar-refractivity contribution in [3.05, 3.63) is 95.6 Å². The monoisotopic (exact) mass is 409 g/mol. The lowest BCUT2D eigenvalue weighted by Crippen LogP contribution is -2.34. The number of hydrogen-bond acceptors (Lipinski definition) is 3. The number of ether oxygens (including phenoxy) is 1. The maximum atomic E-state index is 13.1. The first-order valence-electron chi connectivity index (χ1n) is 10.7. The van der Waals surface area contributed by atoms with Crippen LogP contribution in [0.15, 0.2) is 78.9 Å². The van der Waals surface area contributed by atoms with Gasteiger partial charge in [-0.3, -0.25) is 4.79 Å². The lowest BCUT2D eigenvalue weighted by Gasteiger charge is -2.26. The Balaban J connectivity index is 1.35. The standard InChI is InChI=1S/C27H23NO3/c29-25(28-24-15-7-11-18-8-1-4-12-21(18)24)17-31-27(30)26-22-13-5-2-9-19(22)16-20-10-3-6-14-23(20)26/h1-6,8-10,12-14,16,24H,7,11,15,17H2,(H,28,29)/t24-/m1/s1. The zero-order valence-electron chi connectivity index (χ0n) is 17.1. The van der Waals surface area contributed by atoms with E-state index in [-0.39, 0.29) is 18.6 Å². The molecule has 31 heavy (non-hydrogen) atoms. The fourth-order valence-corrected chi connectivity index (χ4v) is 4.58. The van der Waals surface area contributed by atoms with Crippen LogP contribution in [0.3, 0.4) is 0 Å². The minimum Gasteiger partial charge on any atom is -0.452 e. The number of amides is 1. The van der Waals surface area contributed by atoms with Crippen molar-refractivity contribution in [1.29, 1.82) is 0 Å². The largest absolute Gasteiger partial charge is 0.452 e. The van der Waals surface area contributed by atoms with Crippen LogP contribution in [-0.4, -0.2) is 18.5 Å². The van der Waals surface area contributed by atoms with Gasteiger partial charge in [0.1, 0.15) is 0 Å². The summed E-state index contributed by atoms with van der Waals surface area (Å²) in [4.78, 5) is 25.7. The summed E-state index contributed by atoms with van der Waals surface area (Å²) < 4.78 is 5.48. The molecular weight excluding hydrogens is 386 g/mol. The van der Waals surface area contributed by atoms with Gasteiger partial charge in [0.05, 0.1) is 11.6 Å². The molecule has 1 atom stereocenters. The Morgan fingerprint density at radius 3 is 2.26 bits per heavy atom. The number of carbonyl (C=O) groups excluding carboxylic acids is 2. The number of aryl methyl sites for hydroxylation is 1. The minimum absolute atomic E-state index is 0.0328. The number of fused-ring (bicyclic) bond motifs is 3. The average molecular weight is 409 g/mol. The number of benzene rings is 4. The second-order valence-corrected chi connectivity index (χ2v) is 7.98. The third-order valence-corrected chi connectivity index (χ3v) is 6.01. The van der Waals surface area contributed by atoms with E-state index in [0.717, 1.165) is 46.4 Å². The molecule has 4 aromatic rings. The van der Waals surface area contributed by atoms with Gasteiger partial charge in [0.25, 0.3) is 5.91 Å². The molecule has 0 aliphatic heterocycles. The molecule has 0 aromatic heterocycles. The molecule has 0 radical (unpaired) electrons. The molecule has 0 bridgehead atoms. The van der Waals surface area contributed by atoms with Crippen LogP contribution in [0, 0.1) is 0 Å². The SMILES string of the molecule is O=C(COC(=O)c1c2ccccc2cc2ccccc12)N[C@@H]1CCCc2ccccc21. The first-order chi connectivity index (χ1) is 15.2. The number of nitrogens with one attached hydrogen (secondary N) is 1. The smallest absolute Gasteiger partial charge is 0.339 e. The molecule has 1 aliphatic carbocycles. The summed E-state index contributed by atoms with van der Waals surface area (Å²) in [7, 11) is 0. The molecule has 5 rings (SSSR count). The molecule has 0 unspecified atom stereocenters. The van der Waals surface area contributed by atoms with Gasteiger partial charge >= 0.3 is 5.97 Å². The van der Waals surface area contributed by atoms with Crippen LogP contribution in [0.5, 0.6) is 0 Å². The lowest BCUT2D eigenvalue weighted by atomic mass is 9.88. The zero-order chi connectivity index (χ0) is 21.2. The summed E-state index contributed by atoms with van der Waals surface area (Å²) in [6.45, 7) is -0.297. The van der Waals surface area contributed by atoms with Gasteiger partial charge in [-0.1, -0.05) is 72.8 Å². The van der Waals surface area contributed by atoms with E-state index in [1.54, 1.807) is 0 Å². The predicted molar refractivity (Wildman–Crippen MR) is 122 cm³/mol. The van der Waals surface area contributed by atoms with Crippen molar-refractivity contribution < 1.29 is 14.3 Å². The molecule has 0 saturated heterocycles. The van der Waals surface area contributed by atoms with Crippen LogP contribution < -0.4 is 5.32 Å². The van der Waals surface area contributed by atoms with E-state index in [2.05, 4.69) is 23.5 Å². The van der Waals surface area contributed by atoms with Gasteiger partial charge in [-0.05, 0) is 58.0 Å². The Bertz CT molecular complexity index is 1240. The Morgan fingerprint density at radius 1 is 0.871 bits per heavy atom. The van der Waals surface area contributed by atoms with Crippen molar-refractivity contribution in [1.82, 2.24) is 5.32 Å². The molecule has 4 aromatic carbocycles. The van der Waals surface area contributed by atoms with Gasteiger partial charge in [0, 0.05) is 0 Å². The second kappa shape index (κ2) is 8.23. The predicted octanol–water partition coefficient (Wildman–Crippen LogP) is 5.34. The molecular formula is C27H23NO3. The highest BCUT2D eigenvalue weighted by molar-refractivity contribution is 6.16. The Hall–Kier alpha value is -3.66. The Labute approximate surface area is 180 Å². The third kappa shape index (κ3) is 3.77. The van der Waals surface area contributed by atoms with Crippen LogP contribution in [0.4, 0.5) is 0 Å². The van der Waals surface area contributed by atoms with Crippen LogP contribution in [0.2, 0.25) is 0 Å². The van der Waals surface area contributed by atoms with Gasteiger partial charge in [0.2, 0.25) is 0 Å². The molecule has 1 aliphatic rings. The van der Waals surface area contributed by atoms with E-state index in [9.17, 15) is 9.59 Å². The van der Waals surface area contributed by atoms with Gasteiger partial charge in [-0.25, -0.2) is 4.79 Å². The summed E-state index contributed by atoms with van der Waals surface area (Å²) >= 11 is 0. The van der Waals surface area contributed by atoms with E-state index >= 15 is 0 Å². The van der Waals surface area contributed by atoms with E-state index < -0.39 is 5.97 Å². The fourth-order valence-electron chi connectivity index (χ4n) is 4.58. The molecule has 0 heterocycles. The minimum atomic E-state index is -0.479. The van der Waals surface area contributed by atoms with E-state index in [0.29, 0.717) is 5.56 Å². The van der Waals surface area contributed by atoms with Gasteiger partial charge in [-0.15, -0.1) is 0 Å². The molecule has 0 spiro atoms. The molecule has 4 heteroatoms. The van der Waals surface area contributed by atoms with Crippen molar-refractivity contribution in [3.63, 3.8) is 0 Å². The zero-order valence-corrected chi connectivity index (χ0v) is 17.1. The summed E-state index contributed by atoms with van der Waals surface area (Å²) in [5.41, 5.74) is 2.94. The first-order valence-corrected chi connectivity index (χ1v) is 10.7. The van der Waals surface area contributed by atoms with E-state index in [1.165, 1.54) is 5.56 Å². The van der Waals surface area contributed by atoms with Crippen LogP contribution in [0.25, 0.3) is 21.5 Å². The van der Waals surface area contributed by atoms with Gasteiger partial charge < -0.3 is 10.1 Å². The quantitative estimate of drug-likeness (QED) is 0.365. The maximum Gasteiger partial charge on any atom is 0.339 e. The highest BCUT2D eigenvalue weighted by Crippen LogP contribution is 2.30. The van der Waals surface area contributed by atoms with Crippen LogP contribution in [0.1, 0.15) is 40.4 Å². The van der Waals surface area contributed by atoms with Crippen molar-refractivity contribution in [2.45, 2.75) is 25.3 Å². The summed E-state index contributed by atoms with van der Waals surface area (Å²) in [5.74, 6) is -0.758. The lowest BCUT2D eigenvalue weighted by molar-refractivity contribution is -0.125. The van der Waals surface area contributed by atoms with E-state index in [4.69, 9.17) is 4.74 Å². The Kier molecular flexibility index (Phi) is 5.13. The third-order valence-electron chi connectivity index (χ3n) is 6.01. The normalized spacial score (nSPS) is 15.4. The topological polar surface area (TPSA) is 55.4 Å². The number of carbonyl (C=O) groups is 2. The van der Waals surface area contributed by atoms with Gasteiger partial charge in [-0.2, -0.15) is 0 Å². The fraction of sp³-hybridized carbons (Fsp3) is 0.185. The molecule has 0 saturated carbocycles. The number of rotatable bonds is 4. The van der Waals surface area contributed by atoms with Crippen LogP contribution >= 0.6 is 0 Å². The Morgan fingerprint density at radius 2 is 1.52 bits per heavy atom. The van der Waals surface area contributed by atoms with Crippen molar-refractivity contribution in [2.75, 3.05) is 6.61 Å². The molecule has 1 N–H and O–H groups in total. The number of hydrogen-bond donors (Lipinski definition) is 1. The summed E-state index contributed by atoms with van der Waals surface area (Å²) in [6, 6.07) is 25.7. The van der Waals surface area contributed by atoms with Crippen molar-refractivity contribution >= 4 is 33.4 Å². The second-order valence-electron chi connectivity index (χ2n) is 7.98. The van der Waals surface area contributed by atoms with Crippen LogP contribution in [-0.2, 0) is 16.0 Å². The highest BCUT2D eigenvalue weighted by Gasteiger charge is 2.22. The van der Waals surface area contributed by atoms with Gasteiger partial charge in [0.15, 0.2) is 6.61 Å². The molecule has 1 amide bonds. The summed E-state index contributed by atoms with van der Waals surface area (Å²) in [5, 5.41) is 6.63. The number of esters is 1. The van der Waals surface area contributed by atoms with Crippen molar-refractivity contribution in [3.8, 4) is 0 Å².